The summed E-state index contributed by atoms with van der Waals surface area (Å²) in [7, 11) is 1.88. The minimum Gasteiger partial charge on any atom is -0.461 e. The molecule has 1 aliphatic heterocycles. The van der Waals surface area contributed by atoms with Gasteiger partial charge in [0.15, 0.2) is 0 Å². The van der Waals surface area contributed by atoms with Gasteiger partial charge in [0.1, 0.15) is 11.3 Å². The number of aryl methyl sites for hydroxylation is 1. The molecule has 1 fully saturated rings. The maximum atomic E-state index is 12.2. The Labute approximate surface area is 118 Å². The van der Waals surface area contributed by atoms with Crippen LogP contribution >= 0.6 is 0 Å². The van der Waals surface area contributed by atoms with E-state index < -0.39 is 0 Å². The van der Waals surface area contributed by atoms with Gasteiger partial charge in [-0.15, -0.1) is 0 Å². The lowest BCUT2D eigenvalue weighted by atomic mass is 10.0. The van der Waals surface area contributed by atoms with Crippen molar-refractivity contribution in [1.29, 1.82) is 0 Å². The predicted octanol–water partition coefficient (Wildman–Crippen LogP) is 2.17. The van der Waals surface area contributed by atoms with Crippen LogP contribution in [0.4, 0.5) is 0 Å². The molecule has 4 heteroatoms. The lowest BCUT2D eigenvalue weighted by Gasteiger charge is -2.30. The highest BCUT2D eigenvalue weighted by molar-refractivity contribution is 5.84. The van der Waals surface area contributed by atoms with Gasteiger partial charge in [-0.1, -0.05) is 25.1 Å². The number of hydrogen-bond acceptors (Lipinski definition) is 3. The second-order valence-electron chi connectivity index (χ2n) is 5.40. The first-order valence-electron chi connectivity index (χ1n) is 7.15. The van der Waals surface area contributed by atoms with Crippen molar-refractivity contribution >= 4 is 16.9 Å². The smallest absolute Gasteiger partial charge is 0.228 e. The van der Waals surface area contributed by atoms with Gasteiger partial charge in [0.05, 0.1) is 5.92 Å². The summed E-state index contributed by atoms with van der Waals surface area (Å²) in [4.78, 5) is 14.1. The van der Waals surface area contributed by atoms with Crippen LogP contribution in [0.3, 0.4) is 0 Å². The molecular weight excluding hydrogens is 252 g/mol. The van der Waals surface area contributed by atoms with Gasteiger partial charge >= 0.3 is 0 Å². The molecule has 1 amide bonds. The second-order valence-corrected chi connectivity index (χ2v) is 5.40. The number of amides is 1. The number of benzene rings is 1. The van der Waals surface area contributed by atoms with Crippen LogP contribution in [0.15, 0.2) is 28.7 Å². The SMILES string of the molecule is CCc1oc2ccccc2c1CN(C)C(=O)C1CNC1. The van der Waals surface area contributed by atoms with Crippen LogP contribution in [0, 0.1) is 5.92 Å². The largest absolute Gasteiger partial charge is 0.461 e. The lowest BCUT2D eigenvalue weighted by molar-refractivity contribution is -0.136. The Bertz CT molecular complexity index is 628. The van der Waals surface area contributed by atoms with Gasteiger partial charge in [-0.25, -0.2) is 0 Å². The summed E-state index contributed by atoms with van der Waals surface area (Å²) < 4.78 is 5.88. The first-order valence-corrected chi connectivity index (χ1v) is 7.15. The zero-order valence-corrected chi connectivity index (χ0v) is 12.0. The zero-order chi connectivity index (χ0) is 14.1. The highest BCUT2D eigenvalue weighted by Crippen LogP contribution is 2.27. The number of nitrogens with zero attached hydrogens (tertiary/aromatic N) is 1. The normalized spacial score (nSPS) is 15.3. The van der Waals surface area contributed by atoms with E-state index in [0.29, 0.717) is 6.54 Å². The van der Waals surface area contributed by atoms with Crippen molar-refractivity contribution in [3.8, 4) is 0 Å². The number of para-hydroxylation sites is 1. The van der Waals surface area contributed by atoms with Crippen molar-refractivity contribution in [3.63, 3.8) is 0 Å². The van der Waals surface area contributed by atoms with Gasteiger partial charge in [0, 0.05) is 44.1 Å². The Morgan fingerprint density at radius 3 is 2.80 bits per heavy atom. The summed E-state index contributed by atoms with van der Waals surface area (Å²) in [5, 5.41) is 4.26. The first-order chi connectivity index (χ1) is 9.70. The molecule has 0 saturated carbocycles. The minimum absolute atomic E-state index is 0.142. The summed E-state index contributed by atoms with van der Waals surface area (Å²) in [6.07, 6.45) is 0.844. The molecule has 1 aromatic heterocycles. The quantitative estimate of drug-likeness (QED) is 0.928. The van der Waals surface area contributed by atoms with Gasteiger partial charge in [-0.05, 0) is 6.07 Å². The van der Waals surface area contributed by atoms with E-state index in [4.69, 9.17) is 4.42 Å². The number of furan rings is 1. The van der Waals surface area contributed by atoms with Crippen LogP contribution in [0.5, 0.6) is 0 Å². The van der Waals surface area contributed by atoms with E-state index in [1.165, 1.54) is 0 Å². The molecule has 0 radical (unpaired) electrons. The third-order valence-electron chi connectivity index (χ3n) is 4.01. The van der Waals surface area contributed by atoms with E-state index in [0.717, 1.165) is 41.8 Å². The van der Waals surface area contributed by atoms with Crippen LogP contribution in [0.2, 0.25) is 0 Å². The maximum Gasteiger partial charge on any atom is 0.228 e. The number of carbonyl (C=O) groups excluding carboxylic acids is 1. The van der Waals surface area contributed by atoms with Crippen LogP contribution in [0.1, 0.15) is 18.2 Å². The second kappa shape index (κ2) is 5.29. The summed E-state index contributed by atoms with van der Waals surface area (Å²) in [6.45, 7) is 4.31. The number of carbonyl (C=O) groups is 1. The number of nitrogens with one attached hydrogen (secondary N) is 1. The molecule has 1 aromatic carbocycles. The van der Waals surface area contributed by atoms with Gasteiger partial charge in [-0.3, -0.25) is 4.79 Å². The molecule has 0 bridgehead atoms. The standard InChI is InChI=1S/C16H20N2O2/c1-3-14-13(12-6-4-5-7-15(12)20-14)10-18(2)16(19)11-8-17-9-11/h4-7,11,17H,3,8-10H2,1-2H3. The maximum absolute atomic E-state index is 12.2. The third-order valence-corrected chi connectivity index (χ3v) is 4.01. The molecular formula is C16H20N2O2. The fraction of sp³-hybridized carbons (Fsp3) is 0.438. The fourth-order valence-corrected chi connectivity index (χ4v) is 2.70. The Morgan fingerprint density at radius 2 is 2.15 bits per heavy atom. The van der Waals surface area contributed by atoms with Crippen LogP contribution in [0.25, 0.3) is 11.0 Å². The van der Waals surface area contributed by atoms with E-state index in [-0.39, 0.29) is 11.8 Å². The molecule has 4 nitrogen and oxygen atoms in total. The Balaban J connectivity index is 1.87. The molecule has 106 valence electrons. The zero-order valence-electron chi connectivity index (χ0n) is 12.0. The third kappa shape index (κ3) is 2.20. The van der Waals surface area contributed by atoms with Crippen molar-refractivity contribution in [2.24, 2.45) is 5.92 Å². The Morgan fingerprint density at radius 1 is 1.40 bits per heavy atom. The van der Waals surface area contributed by atoms with E-state index in [9.17, 15) is 4.79 Å². The summed E-state index contributed by atoms with van der Waals surface area (Å²) >= 11 is 0. The highest BCUT2D eigenvalue weighted by Gasteiger charge is 2.28. The Hall–Kier alpha value is -1.81. The molecule has 1 N–H and O–H groups in total. The summed E-state index contributed by atoms with van der Waals surface area (Å²) in [6, 6.07) is 8.04. The van der Waals surface area contributed by atoms with E-state index in [2.05, 4.69) is 18.3 Å². The summed E-state index contributed by atoms with van der Waals surface area (Å²) in [5.74, 6) is 1.34. The van der Waals surface area contributed by atoms with Gasteiger partial charge < -0.3 is 14.6 Å². The van der Waals surface area contributed by atoms with Crippen molar-refractivity contribution in [1.82, 2.24) is 10.2 Å². The van der Waals surface area contributed by atoms with Gasteiger partial charge in [0.2, 0.25) is 5.91 Å². The highest BCUT2D eigenvalue weighted by atomic mass is 16.3. The van der Waals surface area contributed by atoms with E-state index in [1.807, 2.05) is 30.1 Å². The number of fused-ring (bicyclic) bond motifs is 1. The average Bonchev–Trinajstić information content (AvgIpc) is 2.75. The molecule has 3 rings (SSSR count). The molecule has 0 spiro atoms. The number of hydrogen-bond donors (Lipinski definition) is 1. The van der Waals surface area contributed by atoms with Crippen molar-refractivity contribution in [3.05, 3.63) is 35.6 Å². The van der Waals surface area contributed by atoms with Crippen LogP contribution in [-0.2, 0) is 17.8 Å². The molecule has 1 saturated heterocycles. The minimum atomic E-state index is 0.142. The molecule has 2 heterocycles. The van der Waals surface area contributed by atoms with Crippen molar-refractivity contribution in [2.45, 2.75) is 19.9 Å². The Kier molecular flexibility index (Phi) is 3.49. The number of rotatable bonds is 4. The lowest BCUT2D eigenvalue weighted by Crippen LogP contribution is -2.51. The molecule has 2 aromatic rings. The molecule has 1 aliphatic rings. The van der Waals surface area contributed by atoms with E-state index >= 15 is 0 Å². The monoisotopic (exact) mass is 272 g/mol. The van der Waals surface area contributed by atoms with Crippen molar-refractivity contribution < 1.29 is 9.21 Å². The predicted molar refractivity (Wildman–Crippen MR) is 78.4 cm³/mol. The first kappa shape index (κ1) is 13.2. The average molecular weight is 272 g/mol. The molecule has 0 unspecified atom stereocenters. The van der Waals surface area contributed by atoms with Gasteiger partial charge in [-0.2, -0.15) is 0 Å². The topological polar surface area (TPSA) is 45.5 Å². The van der Waals surface area contributed by atoms with Crippen molar-refractivity contribution in [2.75, 3.05) is 20.1 Å². The van der Waals surface area contributed by atoms with Gasteiger partial charge in [0.25, 0.3) is 0 Å². The van der Waals surface area contributed by atoms with Crippen LogP contribution in [-0.4, -0.2) is 30.9 Å². The van der Waals surface area contributed by atoms with Crippen LogP contribution < -0.4 is 5.32 Å². The molecule has 0 aliphatic carbocycles. The molecule has 0 atom stereocenters. The fourth-order valence-electron chi connectivity index (χ4n) is 2.70. The van der Waals surface area contributed by atoms with E-state index in [1.54, 1.807) is 0 Å². The molecule has 20 heavy (non-hydrogen) atoms. The summed E-state index contributed by atoms with van der Waals surface area (Å²) in [5.41, 5.74) is 2.05.